The van der Waals surface area contributed by atoms with Gasteiger partial charge < -0.3 is 9.73 Å². The quantitative estimate of drug-likeness (QED) is 0.441. The van der Waals surface area contributed by atoms with Gasteiger partial charge >= 0.3 is 6.18 Å². The van der Waals surface area contributed by atoms with Crippen LogP contribution < -0.4 is 5.32 Å². The zero-order valence-electron chi connectivity index (χ0n) is 18.9. The molecule has 2 heterocycles. The number of nitrogens with one attached hydrogen (secondary N) is 1. The smallest absolute Gasteiger partial charge is 0.416 e. The number of carbonyl (C=O) groups excluding carboxylic acids is 1. The fourth-order valence-electron chi connectivity index (χ4n) is 4.40. The number of amides is 1. The van der Waals surface area contributed by atoms with E-state index in [4.69, 9.17) is 4.42 Å². The van der Waals surface area contributed by atoms with Crippen molar-refractivity contribution in [3.63, 3.8) is 0 Å². The molecule has 1 saturated carbocycles. The molecule has 4 rings (SSSR count). The van der Waals surface area contributed by atoms with Crippen LogP contribution >= 0.6 is 0 Å². The first-order valence-electron chi connectivity index (χ1n) is 11.5. The van der Waals surface area contributed by atoms with E-state index >= 15 is 0 Å². The first-order valence-corrected chi connectivity index (χ1v) is 11.5. The third kappa shape index (κ3) is 6.47. The van der Waals surface area contributed by atoms with Gasteiger partial charge in [0, 0.05) is 31.5 Å². The molecule has 1 aliphatic carbocycles. The van der Waals surface area contributed by atoms with E-state index in [2.05, 4.69) is 15.2 Å². The number of aromatic nitrogens is 1. The highest BCUT2D eigenvalue weighted by atomic mass is 19.4. The Kier molecular flexibility index (Phi) is 7.67. The van der Waals surface area contributed by atoms with Gasteiger partial charge in [-0.1, -0.05) is 43.5 Å². The Bertz CT molecular complexity index is 1080. The monoisotopic (exact) mass is 471 g/mol. The van der Waals surface area contributed by atoms with Gasteiger partial charge in [0.05, 0.1) is 12.1 Å². The molecule has 0 aliphatic heterocycles. The van der Waals surface area contributed by atoms with Crippen molar-refractivity contribution in [2.75, 3.05) is 0 Å². The number of hydrogen-bond acceptors (Lipinski definition) is 4. The van der Waals surface area contributed by atoms with Crippen molar-refractivity contribution in [2.45, 2.75) is 64.0 Å². The first kappa shape index (κ1) is 24.0. The maximum Gasteiger partial charge on any atom is 0.416 e. The van der Waals surface area contributed by atoms with Crippen molar-refractivity contribution >= 4 is 5.91 Å². The second-order valence-corrected chi connectivity index (χ2v) is 8.70. The van der Waals surface area contributed by atoms with Gasteiger partial charge in [-0.25, -0.2) is 0 Å². The lowest BCUT2D eigenvalue weighted by Crippen LogP contribution is -2.35. The van der Waals surface area contributed by atoms with Crippen molar-refractivity contribution in [1.82, 2.24) is 15.2 Å². The molecule has 0 atom stereocenters. The molecule has 3 aromatic rings. The summed E-state index contributed by atoms with van der Waals surface area (Å²) in [7, 11) is 0. The summed E-state index contributed by atoms with van der Waals surface area (Å²) in [5.41, 5.74) is 0.854. The van der Waals surface area contributed by atoms with E-state index in [-0.39, 0.29) is 17.7 Å². The maximum absolute atomic E-state index is 13.2. The summed E-state index contributed by atoms with van der Waals surface area (Å²) < 4.78 is 45.4. The Morgan fingerprint density at radius 2 is 1.82 bits per heavy atom. The summed E-state index contributed by atoms with van der Waals surface area (Å²) in [6.07, 6.45) is 4.36. The van der Waals surface area contributed by atoms with Crippen LogP contribution in [0, 0.1) is 0 Å². The molecule has 2 aromatic heterocycles. The minimum atomic E-state index is -4.37. The normalized spacial score (nSPS) is 14.9. The number of furan rings is 1. The van der Waals surface area contributed by atoms with Crippen LogP contribution in [0.25, 0.3) is 0 Å². The van der Waals surface area contributed by atoms with E-state index < -0.39 is 11.7 Å². The van der Waals surface area contributed by atoms with E-state index in [9.17, 15) is 18.0 Å². The van der Waals surface area contributed by atoms with E-state index in [0.29, 0.717) is 31.0 Å². The molecule has 1 fully saturated rings. The zero-order valence-corrected chi connectivity index (χ0v) is 18.9. The highest BCUT2D eigenvalue weighted by Crippen LogP contribution is 2.31. The summed E-state index contributed by atoms with van der Waals surface area (Å²) >= 11 is 0. The van der Waals surface area contributed by atoms with Gasteiger partial charge in [0.1, 0.15) is 5.76 Å². The average Bonchev–Trinajstić information content (AvgIpc) is 3.32. The van der Waals surface area contributed by atoms with Crippen molar-refractivity contribution in [2.24, 2.45) is 0 Å². The van der Waals surface area contributed by atoms with Crippen molar-refractivity contribution < 1.29 is 22.4 Å². The van der Waals surface area contributed by atoms with Crippen LogP contribution in [0.3, 0.4) is 0 Å². The van der Waals surface area contributed by atoms with Crippen LogP contribution in [0.5, 0.6) is 0 Å². The number of rotatable bonds is 8. The minimum Gasteiger partial charge on any atom is -0.455 e. The molecule has 5 nitrogen and oxygen atoms in total. The molecule has 1 aliphatic rings. The molecule has 0 unspecified atom stereocenters. The number of hydrogen-bond donors (Lipinski definition) is 1. The number of halogens is 3. The Labute approximate surface area is 197 Å². The largest absolute Gasteiger partial charge is 0.455 e. The number of benzene rings is 1. The number of carbonyl (C=O) groups is 1. The van der Waals surface area contributed by atoms with Crippen molar-refractivity contribution in [3.8, 4) is 0 Å². The van der Waals surface area contributed by atoms with Crippen LogP contribution in [-0.2, 0) is 25.8 Å². The molecule has 0 spiro atoms. The van der Waals surface area contributed by atoms with Gasteiger partial charge in [0.25, 0.3) is 5.91 Å². The van der Waals surface area contributed by atoms with Gasteiger partial charge in [-0.2, -0.15) is 13.2 Å². The summed E-state index contributed by atoms with van der Waals surface area (Å²) in [4.78, 5) is 18.7. The topological polar surface area (TPSA) is 58.4 Å². The van der Waals surface area contributed by atoms with Crippen LogP contribution in [0.4, 0.5) is 13.2 Å². The van der Waals surface area contributed by atoms with Gasteiger partial charge in [-0.15, -0.1) is 0 Å². The molecule has 0 radical (unpaired) electrons. The molecule has 0 saturated heterocycles. The highest BCUT2D eigenvalue weighted by Gasteiger charge is 2.31. The SMILES string of the molecule is O=C(NCc1cccnc1)c1ccc(CN(Cc2cccc(C(F)(F)F)c2)C2CCCCC2)o1. The molecule has 34 heavy (non-hydrogen) atoms. The lowest BCUT2D eigenvalue weighted by Gasteiger charge is -2.34. The molecule has 180 valence electrons. The Morgan fingerprint density at radius 1 is 1.03 bits per heavy atom. The Morgan fingerprint density at radius 3 is 2.56 bits per heavy atom. The predicted molar refractivity (Wildman–Crippen MR) is 122 cm³/mol. The molecular formula is C26H28F3N3O2. The van der Waals surface area contributed by atoms with Crippen LogP contribution in [0.15, 0.2) is 65.3 Å². The lowest BCUT2D eigenvalue weighted by molar-refractivity contribution is -0.137. The second-order valence-electron chi connectivity index (χ2n) is 8.70. The third-order valence-electron chi connectivity index (χ3n) is 6.15. The fourth-order valence-corrected chi connectivity index (χ4v) is 4.40. The van der Waals surface area contributed by atoms with Crippen LogP contribution in [0.2, 0.25) is 0 Å². The minimum absolute atomic E-state index is 0.210. The van der Waals surface area contributed by atoms with Crippen LogP contribution in [-0.4, -0.2) is 21.8 Å². The number of pyridine rings is 1. The first-order chi connectivity index (χ1) is 16.4. The van der Waals surface area contributed by atoms with E-state index in [1.54, 1.807) is 36.7 Å². The van der Waals surface area contributed by atoms with Gasteiger partial charge in [0.15, 0.2) is 5.76 Å². The fraction of sp³-hybridized carbons (Fsp3) is 0.385. The van der Waals surface area contributed by atoms with E-state index in [0.717, 1.165) is 37.3 Å². The molecule has 8 heteroatoms. The van der Waals surface area contributed by atoms with E-state index in [1.165, 1.54) is 18.6 Å². The third-order valence-corrected chi connectivity index (χ3v) is 6.15. The zero-order chi connectivity index (χ0) is 24.0. The number of alkyl halides is 3. The summed E-state index contributed by atoms with van der Waals surface area (Å²) in [5, 5.41) is 2.81. The second kappa shape index (κ2) is 10.9. The van der Waals surface area contributed by atoms with Gasteiger partial charge in [-0.05, 0) is 48.2 Å². The van der Waals surface area contributed by atoms with Crippen LogP contribution in [0.1, 0.15) is 65.1 Å². The Balaban J connectivity index is 1.44. The van der Waals surface area contributed by atoms with Crippen molar-refractivity contribution in [3.05, 3.63) is 89.1 Å². The number of nitrogens with zero attached hydrogens (tertiary/aromatic N) is 2. The molecule has 0 bridgehead atoms. The maximum atomic E-state index is 13.2. The standard InChI is InChI=1S/C26H28F3N3O2/c27-26(28,29)21-8-4-6-19(14-21)17-32(22-9-2-1-3-10-22)18-23-11-12-24(34-23)25(33)31-16-20-7-5-13-30-15-20/h4-8,11-15,22H,1-3,9-10,16-18H2,(H,31,33). The summed E-state index contributed by atoms with van der Waals surface area (Å²) in [5.74, 6) is 0.503. The molecular weight excluding hydrogens is 443 g/mol. The average molecular weight is 472 g/mol. The highest BCUT2D eigenvalue weighted by molar-refractivity contribution is 5.91. The van der Waals surface area contributed by atoms with Gasteiger partial charge in [-0.3, -0.25) is 14.7 Å². The van der Waals surface area contributed by atoms with E-state index in [1.807, 2.05) is 6.07 Å². The summed E-state index contributed by atoms with van der Waals surface area (Å²) in [6, 6.07) is 12.8. The predicted octanol–water partition coefficient (Wildman–Crippen LogP) is 5.96. The molecule has 1 N–H and O–H groups in total. The molecule has 1 amide bonds. The Hall–Kier alpha value is -3.13. The summed E-state index contributed by atoms with van der Waals surface area (Å²) in [6.45, 7) is 1.15. The lowest BCUT2D eigenvalue weighted by atomic mass is 9.93. The van der Waals surface area contributed by atoms with Gasteiger partial charge in [0.2, 0.25) is 0 Å². The molecule has 1 aromatic carbocycles. The van der Waals surface area contributed by atoms with Crippen molar-refractivity contribution in [1.29, 1.82) is 0 Å².